The number of likely N-dealkylation sites (N-methyl/N-ethyl adjacent to an activating group) is 1. The third-order valence-electron chi connectivity index (χ3n) is 7.10. The molecule has 2 aliphatic heterocycles. The molecule has 3 heterocycles. The van der Waals surface area contributed by atoms with Crippen molar-refractivity contribution in [1.82, 2.24) is 9.80 Å². The predicted molar refractivity (Wildman–Crippen MR) is 157 cm³/mol. The SMILES string of the molecule is C[C@H](CO)N1C[C@H](C)[C@@H](CN(C)C(=O)Nc2ccc3c(c2)OCO3)Oc2ccc(NS(=O)(=O)c3cccs3)cc2C1=O. The summed E-state index contributed by atoms with van der Waals surface area (Å²) in [4.78, 5) is 29.8. The molecule has 0 saturated heterocycles. The highest BCUT2D eigenvalue weighted by molar-refractivity contribution is 7.94. The minimum atomic E-state index is -3.84. The molecular formula is C28H32N4O8S2. The van der Waals surface area contributed by atoms with Gasteiger partial charge in [-0.3, -0.25) is 9.52 Å². The number of anilines is 2. The topological polar surface area (TPSA) is 147 Å². The Hall–Kier alpha value is -4.01. The number of rotatable bonds is 8. The number of carbonyl (C=O) groups is 2. The van der Waals surface area contributed by atoms with Gasteiger partial charge in [0.2, 0.25) is 6.79 Å². The number of sulfonamides is 1. The number of benzene rings is 2. The lowest BCUT2D eigenvalue weighted by Gasteiger charge is -2.38. The maximum absolute atomic E-state index is 13.7. The molecule has 224 valence electrons. The average Bonchev–Trinajstić information content (AvgIpc) is 3.67. The molecular weight excluding hydrogens is 584 g/mol. The Balaban J connectivity index is 1.38. The minimum Gasteiger partial charge on any atom is -0.487 e. The van der Waals surface area contributed by atoms with Crippen LogP contribution < -0.4 is 24.2 Å². The first kappa shape index (κ1) is 29.5. The van der Waals surface area contributed by atoms with Gasteiger partial charge in [-0.15, -0.1) is 11.3 Å². The molecule has 0 aliphatic carbocycles. The second kappa shape index (κ2) is 12.1. The standard InChI is InChI=1S/C28H32N4O8S2/c1-17-13-32(18(2)15-33)27(34)21-11-20(30-42(36,37)26-5-4-10-41-26)7-8-22(21)40-25(17)14-31(3)28(35)29-19-6-9-23-24(12-19)39-16-38-23/h4-12,17-18,25,30,33H,13-16H2,1-3H3,(H,29,35)/t17-,18+,25+/m0/s1. The first-order valence-corrected chi connectivity index (χ1v) is 15.6. The van der Waals surface area contributed by atoms with Gasteiger partial charge < -0.3 is 34.4 Å². The van der Waals surface area contributed by atoms with Crippen LogP contribution in [0.2, 0.25) is 0 Å². The van der Waals surface area contributed by atoms with E-state index in [-0.39, 0.29) is 59.6 Å². The van der Waals surface area contributed by atoms with Crippen molar-refractivity contribution in [3.05, 3.63) is 59.5 Å². The monoisotopic (exact) mass is 616 g/mol. The Kier molecular flexibility index (Phi) is 8.48. The summed E-state index contributed by atoms with van der Waals surface area (Å²) in [5, 5.41) is 14.4. The summed E-state index contributed by atoms with van der Waals surface area (Å²) in [5.74, 6) is 0.770. The molecule has 0 bridgehead atoms. The van der Waals surface area contributed by atoms with E-state index < -0.39 is 28.1 Å². The van der Waals surface area contributed by atoms with Gasteiger partial charge in [0.15, 0.2) is 11.5 Å². The number of fused-ring (bicyclic) bond motifs is 2. The Morgan fingerprint density at radius 1 is 1.14 bits per heavy atom. The van der Waals surface area contributed by atoms with Crippen molar-refractivity contribution in [2.75, 3.05) is 43.6 Å². The Labute approximate surface area is 247 Å². The maximum atomic E-state index is 13.7. The molecule has 0 unspecified atom stereocenters. The minimum absolute atomic E-state index is 0.126. The van der Waals surface area contributed by atoms with Crippen LogP contribution in [0.15, 0.2) is 58.1 Å². The van der Waals surface area contributed by atoms with Crippen molar-refractivity contribution in [3.8, 4) is 17.2 Å². The van der Waals surface area contributed by atoms with Gasteiger partial charge in [-0.2, -0.15) is 0 Å². The molecule has 2 aromatic carbocycles. The lowest BCUT2D eigenvalue weighted by atomic mass is 9.99. The number of aliphatic hydroxyl groups excluding tert-OH is 1. The predicted octanol–water partition coefficient (Wildman–Crippen LogP) is 3.66. The summed E-state index contributed by atoms with van der Waals surface area (Å²) >= 11 is 1.08. The zero-order chi connectivity index (χ0) is 30.0. The lowest BCUT2D eigenvalue weighted by molar-refractivity contribution is 0.0371. The molecule has 0 fully saturated rings. The number of hydrogen-bond donors (Lipinski definition) is 3. The van der Waals surface area contributed by atoms with Crippen LogP contribution in [0.1, 0.15) is 24.2 Å². The second-order valence-corrected chi connectivity index (χ2v) is 13.1. The average molecular weight is 617 g/mol. The van der Waals surface area contributed by atoms with Crippen LogP contribution in [-0.2, 0) is 10.0 Å². The van der Waals surface area contributed by atoms with Crippen molar-refractivity contribution in [2.24, 2.45) is 5.92 Å². The van der Waals surface area contributed by atoms with Crippen LogP contribution in [-0.4, -0.2) is 80.9 Å². The number of hydrogen-bond acceptors (Lipinski definition) is 9. The molecule has 14 heteroatoms. The van der Waals surface area contributed by atoms with Crippen LogP contribution in [0, 0.1) is 5.92 Å². The van der Waals surface area contributed by atoms with E-state index in [1.807, 2.05) is 6.92 Å². The van der Waals surface area contributed by atoms with E-state index in [0.29, 0.717) is 17.2 Å². The largest absolute Gasteiger partial charge is 0.487 e. The number of nitrogens with one attached hydrogen (secondary N) is 2. The van der Waals surface area contributed by atoms with Gasteiger partial charge in [-0.25, -0.2) is 13.2 Å². The fourth-order valence-corrected chi connectivity index (χ4v) is 6.71. The smallest absolute Gasteiger partial charge is 0.321 e. The summed E-state index contributed by atoms with van der Waals surface area (Å²) in [6.45, 7) is 3.93. The van der Waals surface area contributed by atoms with Crippen LogP contribution in [0.5, 0.6) is 17.2 Å². The van der Waals surface area contributed by atoms with Gasteiger partial charge in [0, 0.05) is 37.0 Å². The Morgan fingerprint density at radius 2 is 1.88 bits per heavy atom. The van der Waals surface area contributed by atoms with E-state index in [1.165, 1.54) is 23.1 Å². The molecule has 3 amide bonds. The second-order valence-electron chi connectivity index (χ2n) is 10.2. The van der Waals surface area contributed by atoms with Crippen molar-refractivity contribution >= 4 is 44.7 Å². The molecule has 5 rings (SSSR count). The summed E-state index contributed by atoms with van der Waals surface area (Å²) in [6.07, 6.45) is -0.536. The summed E-state index contributed by atoms with van der Waals surface area (Å²) in [7, 11) is -2.20. The highest BCUT2D eigenvalue weighted by Crippen LogP contribution is 2.35. The zero-order valence-corrected chi connectivity index (χ0v) is 24.9. The third kappa shape index (κ3) is 6.25. The number of thiophene rings is 1. The van der Waals surface area contributed by atoms with Crippen LogP contribution in [0.3, 0.4) is 0 Å². The lowest BCUT2D eigenvalue weighted by Crippen LogP contribution is -2.50. The fourth-order valence-electron chi connectivity index (χ4n) is 4.67. The van der Waals surface area contributed by atoms with Crippen LogP contribution >= 0.6 is 11.3 Å². The van der Waals surface area contributed by atoms with Crippen molar-refractivity contribution in [3.63, 3.8) is 0 Å². The summed E-state index contributed by atoms with van der Waals surface area (Å²) in [5.41, 5.74) is 0.881. The van der Waals surface area contributed by atoms with Crippen molar-refractivity contribution in [1.29, 1.82) is 0 Å². The molecule has 12 nitrogen and oxygen atoms in total. The highest BCUT2D eigenvalue weighted by Gasteiger charge is 2.34. The summed E-state index contributed by atoms with van der Waals surface area (Å²) in [6, 6.07) is 11.9. The molecule has 1 aromatic heterocycles. The van der Waals surface area contributed by atoms with Gasteiger partial charge in [0.25, 0.3) is 15.9 Å². The van der Waals surface area contributed by atoms with Gasteiger partial charge in [-0.05, 0) is 48.7 Å². The van der Waals surface area contributed by atoms with E-state index in [1.54, 1.807) is 54.6 Å². The zero-order valence-electron chi connectivity index (χ0n) is 23.3. The third-order valence-corrected chi connectivity index (χ3v) is 9.88. The molecule has 3 aromatic rings. The Morgan fingerprint density at radius 3 is 2.62 bits per heavy atom. The highest BCUT2D eigenvalue weighted by atomic mass is 32.2. The summed E-state index contributed by atoms with van der Waals surface area (Å²) < 4.78 is 45.3. The molecule has 2 aliphatic rings. The van der Waals surface area contributed by atoms with E-state index in [9.17, 15) is 23.1 Å². The van der Waals surface area contributed by atoms with Gasteiger partial charge >= 0.3 is 6.03 Å². The molecule has 3 atom stereocenters. The number of aliphatic hydroxyl groups is 1. The van der Waals surface area contributed by atoms with Gasteiger partial charge in [0.1, 0.15) is 16.1 Å². The first-order chi connectivity index (χ1) is 20.1. The van der Waals surface area contributed by atoms with E-state index in [0.717, 1.165) is 11.3 Å². The van der Waals surface area contributed by atoms with Crippen LogP contribution in [0.4, 0.5) is 16.2 Å². The van der Waals surface area contributed by atoms with E-state index in [2.05, 4.69) is 10.0 Å². The Bertz CT molecular complexity index is 1560. The number of nitrogens with zero attached hydrogens (tertiary/aromatic N) is 2. The van der Waals surface area contributed by atoms with Crippen molar-refractivity contribution < 1.29 is 37.3 Å². The number of ether oxygens (including phenoxy) is 3. The molecule has 0 spiro atoms. The van der Waals surface area contributed by atoms with E-state index in [4.69, 9.17) is 14.2 Å². The van der Waals surface area contributed by atoms with Crippen molar-refractivity contribution in [2.45, 2.75) is 30.2 Å². The number of carbonyl (C=O) groups excluding carboxylic acids is 2. The van der Waals surface area contributed by atoms with Gasteiger partial charge in [-0.1, -0.05) is 13.0 Å². The maximum Gasteiger partial charge on any atom is 0.321 e. The van der Waals surface area contributed by atoms with E-state index >= 15 is 0 Å². The normalized spacial score (nSPS) is 18.8. The van der Waals surface area contributed by atoms with Gasteiger partial charge in [0.05, 0.1) is 24.8 Å². The fraction of sp³-hybridized carbons (Fsp3) is 0.357. The first-order valence-electron chi connectivity index (χ1n) is 13.3. The number of urea groups is 1. The molecule has 0 saturated carbocycles. The molecule has 0 radical (unpaired) electrons. The molecule has 3 N–H and O–H groups in total. The number of amides is 3. The van der Waals surface area contributed by atoms with Crippen LogP contribution in [0.25, 0.3) is 0 Å². The quantitative estimate of drug-likeness (QED) is 0.348. The molecule has 42 heavy (non-hydrogen) atoms.